The normalized spacial score (nSPS) is 48.5. The Morgan fingerprint density at radius 1 is 0.370 bits per heavy atom. The summed E-state index contributed by atoms with van der Waals surface area (Å²) in [6.45, 7) is -2.11. The van der Waals surface area contributed by atoms with Gasteiger partial charge in [0.25, 0.3) is 0 Å². The molecular weight excluding hydrogens is 1280 g/mol. The number of amidine groups is 1. The van der Waals surface area contributed by atoms with Crippen LogP contribution < -0.4 is 16.5 Å². The van der Waals surface area contributed by atoms with Gasteiger partial charge in [-0.3, -0.25) is 10.7 Å². The minimum atomic E-state index is -2.18. The van der Waals surface area contributed by atoms with Crippen molar-refractivity contribution in [1.82, 2.24) is 0 Å². The van der Waals surface area contributed by atoms with Gasteiger partial charge in [0.1, 0.15) is 146 Å². The van der Waals surface area contributed by atoms with Crippen molar-refractivity contribution < 1.29 is 164 Å². The Labute approximate surface area is 538 Å². The number of thioether (sulfide) groups is 2. The summed E-state index contributed by atoms with van der Waals surface area (Å²) < 4.78 is 77.8. The Balaban J connectivity index is 1.08. The monoisotopic (exact) mass is 1380 g/mol. The van der Waals surface area contributed by atoms with Gasteiger partial charge in [0.2, 0.25) is 5.84 Å². The van der Waals surface area contributed by atoms with E-state index < -0.39 is 248 Å². The summed E-state index contributed by atoms with van der Waals surface area (Å²) in [5, 5.41) is 216. The maximum Gasteiger partial charge on any atom is 0.240 e. The van der Waals surface area contributed by atoms with E-state index >= 15 is 0 Å². The lowest BCUT2D eigenvalue weighted by molar-refractivity contribution is -0.453. The molecule has 20 heterocycles. The summed E-state index contributed by atoms with van der Waals surface area (Å²) in [5.41, 5.74) is 12.0. The minimum absolute atomic E-state index is 0.0661. The van der Waals surface area contributed by atoms with E-state index in [2.05, 4.69) is 11.9 Å². The third kappa shape index (κ3) is 17.7. The number of ether oxygens (including phenoxy) is 13. The van der Waals surface area contributed by atoms with Crippen LogP contribution in [0.2, 0.25) is 0 Å². The largest absolute Gasteiger partial charge is 0.396 e. The Bertz CT molecular complexity index is 2200. The van der Waals surface area contributed by atoms with Gasteiger partial charge in [-0.05, 0) is 12.8 Å². The highest BCUT2D eigenvalue weighted by Gasteiger charge is 2.59. The van der Waals surface area contributed by atoms with Crippen LogP contribution in [0.3, 0.4) is 0 Å². The molecule has 536 valence electrons. The zero-order valence-electron chi connectivity index (χ0n) is 50.7. The first-order chi connectivity index (χ1) is 44.0. The number of hydrogen-bond acceptors (Lipinski definition) is 35. The van der Waals surface area contributed by atoms with Crippen LogP contribution in [0.1, 0.15) is 51.9 Å². The third-order valence-electron chi connectivity index (χ3n) is 17.9. The van der Waals surface area contributed by atoms with Crippen molar-refractivity contribution in [3.8, 4) is 0 Å². The Hall–Kier alpha value is -1.15. The van der Waals surface area contributed by atoms with Gasteiger partial charge in [-0.25, -0.2) is 0 Å². The number of nitrogens with two attached hydrogens (primary N) is 2. The average Bonchev–Trinajstić information content (AvgIpc) is 0.800. The molecule has 21 fully saturated rings. The number of hydrogen-bond donors (Lipinski definition) is 22. The van der Waals surface area contributed by atoms with E-state index in [9.17, 15) is 97.0 Å². The number of aliphatic hydroxyl groups excluding tert-OH is 19. The Kier molecular flexibility index (Phi) is 29.8. The van der Waals surface area contributed by atoms with Crippen molar-refractivity contribution in [1.29, 1.82) is 0 Å². The van der Waals surface area contributed by atoms with E-state index in [1.807, 2.05) is 0 Å². The maximum atomic E-state index is 11.9. The van der Waals surface area contributed by atoms with Gasteiger partial charge >= 0.3 is 0 Å². The molecule has 35 unspecified atom stereocenters. The molecule has 1 aliphatic carbocycles. The fourth-order valence-corrected chi connectivity index (χ4v) is 14.4. The maximum absolute atomic E-state index is 11.9. The molecule has 35 atom stereocenters. The summed E-state index contributed by atoms with van der Waals surface area (Å²) in [4.78, 5) is 3.17. The van der Waals surface area contributed by atoms with Crippen LogP contribution in [0.25, 0.3) is 0 Å². The molecule has 20 aliphatic heterocycles. The van der Waals surface area contributed by atoms with Gasteiger partial charge in [-0.15, -0.1) is 0 Å². The van der Waals surface area contributed by atoms with Crippen LogP contribution in [0, 0.1) is 5.92 Å². The molecule has 37 heteroatoms. The summed E-state index contributed by atoms with van der Waals surface area (Å²) >= 11 is 2.43. The van der Waals surface area contributed by atoms with Gasteiger partial charge in [0, 0.05) is 48.5 Å². The van der Waals surface area contributed by atoms with Crippen LogP contribution in [-0.4, -0.2) is 381 Å². The number of aliphatic hydroxyl groups is 19. The molecular formula is C55H98N3O32S2+. The van der Waals surface area contributed by atoms with Crippen molar-refractivity contribution >= 4 is 29.4 Å². The molecule has 0 aromatic rings. The molecule has 0 aromatic heterocycles. The summed E-state index contributed by atoms with van der Waals surface area (Å²) in [6.07, 6.45) is -58.5. The number of unbranched alkanes of at least 4 members (excludes halogenated alkanes) is 4. The summed E-state index contributed by atoms with van der Waals surface area (Å²) in [6, 6.07) is 0. The molecule has 14 bridgehead atoms. The van der Waals surface area contributed by atoms with Gasteiger partial charge in [-0.2, -0.15) is 23.5 Å². The molecule has 0 radical (unpaired) electrons. The molecule has 21 rings (SSSR count). The van der Waals surface area contributed by atoms with E-state index in [0.29, 0.717) is 30.3 Å². The second-order valence-corrected chi connectivity index (χ2v) is 26.6. The second-order valence-electron chi connectivity index (χ2n) is 24.3. The first kappa shape index (κ1) is 76.6. The fraction of sp³-hybridized carbons (Fsp3) is 0.982. The highest BCUT2D eigenvalue weighted by molar-refractivity contribution is 7.99. The fourth-order valence-electron chi connectivity index (χ4n) is 12.6. The Morgan fingerprint density at radius 2 is 0.685 bits per heavy atom. The lowest BCUT2D eigenvalue weighted by atomic mass is 9.80. The van der Waals surface area contributed by atoms with Crippen LogP contribution in [0.5, 0.6) is 0 Å². The molecule has 0 spiro atoms. The predicted molar refractivity (Wildman–Crippen MR) is 310 cm³/mol. The molecule has 0 aromatic carbocycles. The highest BCUT2D eigenvalue weighted by atomic mass is 32.2. The van der Waals surface area contributed by atoms with Gasteiger partial charge in [0.05, 0.1) is 57.4 Å². The van der Waals surface area contributed by atoms with E-state index in [1.165, 1.54) is 23.5 Å². The number of nitrogens with one attached hydrogen (secondary N) is 1. The van der Waals surface area contributed by atoms with Crippen molar-refractivity contribution in [2.75, 3.05) is 69.1 Å². The first-order valence-electron chi connectivity index (χ1n) is 31.3. The molecule has 0 amide bonds. The lowest BCUT2D eigenvalue weighted by Gasteiger charge is -2.50. The summed E-state index contributed by atoms with van der Waals surface area (Å²) in [7, 11) is 0. The number of rotatable bonds is 20. The minimum Gasteiger partial charge on any atom is -0.396 e. The third-order valence-corrected chi connectivity index (χ3v) is 20.1. The average molecular weight is 1380 g/mol. The van der Waals surface area contributed by atoms with E-state index in [0.717, 1.165) is 32.1 Å². The van der Waals surface area contributed by atoms with Crippen molar-refractivity contribution in [2.45, 2.75) is 261 Å². The SMILES string of the molecule is CCCCCCCC(N)=[NH+]CCSCC1OC2OC3C(CO)CC(OC4C(CO)OC(OC5C(CSCCN)OC(OC6C(CO)OC(OC7C(CO)OC(OC8C(CO)OC(OC1C(O)C2O)C(O)C8O)C(O)C7O)C(O)C6O)C(O)C5O)C(O)C4O)C(O)C3O. The second kappa shape index (κ2) is 35.8. The van der Waals surface area contributed by atoms with Crippen LogP contribution in [-0.2, 0) is 61.6 Å². The van der Waals surface area contributed by atoms with Crippen molar-refractivity contribution in [2.24, 2.45) is 17.4 Å². The van der Waals surface area contributed by atoms with E-state index in [1.54, 1.807) is 0 Å². The van der Waals surface area contributed by atoms with E-state index in [4.69, 9.17) is 73.0 Å². The molecule has 1 saturated carbocycles. The molecule has 24 N–H and O–H groups in total. The predicted octanol–water partition coefficient (Wildman–Crippen LogP) is -12.3. The van der Waals surface area contributed by atoms with Crippen LogP contribution in [0.4, 0.5) is 0 Å². The van der Waals surface area contributed by atoms with Crippen LogP contribution >= 0.6 is 23.5 Å². The lowest BCUT2D eigenvalue weighted by Crippen LogP contribution is -2.76. The molecule has 21 aliphatic rings. The molecule has 92 heavy (non-hydrogen) atoms. The van der Waals surface area contributed by atoms with Gasteiger partial charge in [0.15, 0.2) is 37.7 Å². The van der Waals surface area contributed by atoms with Gasteiger partial charge < -0.3 is 164 Å². The zero-order valence-corrected chi connectivity index (χ0v) is 52.3. The van der Waals surface area contributed by atoms with Crippen LogP contribution in [0.15, 0.2) is 0 Å². The highest BCUT2D eigenvalue weighted by Crippen LogP contribution is 2.41. The standard InChI is InChI=1S/C55H97N3O32S2/c1-2-3-4-5-6-7-28(57)58-9-11-92-19-27-49-35(70)41(76)54(83-27)85-43-20(13-59)12-21(29(64)30(43)65)78-44-22(14-60)79-52(37(72)31(44)66)89-48-26(18-91-10-8-56)84-55(42(77)36(48)71)88-47-25(17-63)81-51(39(74)33(47)68)86-45-23(15-61)80-50(38(73)32(45)67)87-46-24(16-62)82-53(90-49)40(75)34(46)69/h20-27,29-55,59-77H,2-19,56H2,1H3,(H2,57,58)/p+1. The van der Waals surface area contributed by atoms with E-state index in [-0.39, 0.29) is 24.5 Å². The first-order valence-corrected chi connectivity index (χ1v) is 33.7. The zero-order chi connectivity index (χ0) is 66.8. The topological polar surface area (TPSA) is 570 Å². The quantitative estimate of drug-likeness (QED) is 0.0306. The smallest absolute Gasteiger partial charge is 0.240 e. The molecule has 35 nitrogen and oxygen atoms in total. The Morgan fingerprint density at radius 3 is 1.03 bits per heavy atom. The van der Waals surface area contributed by atoms with Gasteiger partial charge in [-0.1, -0.05) is 32.6 Å². The summed E-state index contributed by atoms with van der Waals surface area (Å²) in [5.74, 6) is -0.0894. The van der Waals surface area contributed by atoms with Crippen molar-refractivity contribution in [3.63, 3.8) is 0 Å². The molecule has 20 saturated heterocycles. The van der Waals surface area contributed by atoms with Crippen molar-refractivity contribution in [3.05, 3.63) is 0 Å².